The number of sulfonamides is 1. The molecule has 0 unspecified atom stereocenters. The van der Waals surface area contributed by atoms with E-state index in [0.29, 0.717) is 51.5 Å². The second kappa shape index (κ2) is 10.7. The topological polar surface area (TPSA) is 79.0 Å². The van der Waals surface area contributed by atoms with Crippen LogP contribution in [-0.2, 0) is 19.6 Å². The van der Waals surface area contributed by atoms with Gasteiger partial charge in [0.25, 0.3) is 0 Å². The number of carbonyl (C=O) groups is 1. The SMILES string of the molecule is CCCS(=O)(=O)N1CCC(NC(=O)[C@H](C(CC)CC)N2CCOCC2)CC1. The Hall–Kier alpha value is -0.700. The molecule has 0 aliphatic carbocycles. The summed E-state index contributed by atoms with van der Waals surface area (Å²) in [5, 5.41) is 3.23. The van der Waals surface area contributed by atoms with Gasteiger partial charge in [-0.25, -0.2) is 12.7 Å². The molecule has 2 aliphatic heterocycles. The number of morpholine rings is 1. The first-order valence-electron chi connectivity index (χ1n) is 10.5. The minimum Gasteiger partial charge on any atom is -0.379 e. The lowest BCUT2D eigenvalue weighted by molar-refractivity contribution is -0.131. The van der Waals surface area contributed by atoms with Crippen molar-refractivity contribution in [2.24, 2.45) is 5.92 Å². The predicted octanol–water partition coefficient (Wildman–Crippen LogP) is 1.44. The summed E-state index contributed by atoms with van der Waals surface area (Å²) < 4.78 is 31.5. The van der Waals surface area contributed by atoms with E-state index in [2.05, 4.69) is 24.1 Å². The van der Waals surface area contributed by atoms with Gasteiger partial charge >= 0.3 is 0 Å². The van der Waals surface area contributed by atoms with E-state index in [9.17, 15) is 13.2 Å². The van der Waals surface area contributed by atoms with Crippen molar-refractivity contribution in [2.75, 3.05) is 45.1 Å². The van der Waals surface area contributed by atoms with Gasteiger partial charge in [-0.3, -0.25) is 9.69 Å². The molecule has 2 rings (SSSR count). The lowest BCUT2D eigenvalue weighted by Crippen LogP contribution is -2.57. The van der Waals surface area contributed by atoms with Gasteiger partial charge in [-0.05, 0) is 25.2 Å². The molecule has 7 nitrogen and oxygen atoms in total. The standard InChI is InChI=1S/C19H37N3O4S/c1-4-15-27(24,25)22-9-7-17(8-10-22)20-19(23)18(16(5-2)6-3)21-11-13-26-14-12-21/h16-18H,4-15H2,1-3H3,(H,20,23)/t18-/m0/s1. The highest BCUT2D eigenvalue weighted by atomic mass is 32.2. The van der Waals surface area contributed by atoms with E-state index in [0.717, 1.165) is 25.9 Å². The molecule has 0 saturated carbocycles. The largest absolute Gasteiger partial charge is 0.379 e. The third kappa shape index (κ3) is 6.14. The average molecular weight is 404 g/mol. The summed E-state index contributed by atoms with van der Waals surface area (Å²) in [5.41, 5.74) is 0. The van der Waals surface area contributed by atoms with Crippen molar-refractivity contribution in [1.82, 2.24) is 14.5 Å². The third-order valence-electron chi connectivity index (χ3n) is 5.86. The maximum atomic E-state index is 13.1. The zero-order valence-corrected chi connectivity index (χ0v) is 18.0. The number of nitrogens with one attached hydrogen (secondary N) is 1. The number of hydrogen-bond donors (Lipinski definition) is 1. The van der Waals surface area contributed by atoms with Crippen LogP contribution in [0.1, 0.15) is 52.9 Å². The fourth-order valence-corrected chi connectivity index (χ4v) is 5.76. The summed E-state index contributed by atoms with van der Waals surface area (Å²) in [6.45, 7) is 10.1. The van der Waals surface area contributed by atoms with Gasteiger partial charge in [0, 0.05) is 32.2 Å². The van der Waals surface area contributed by atoms with Gasteiger partial charge in [0.15, 0.2) is 0 Å². The van der Waals surface area contributed by atoms with Gasteiger partial charge in [-0.1, -0.05) is 33.6 Å². The molecule has 2 saturated heterocycles. The molecule has 2 aliphatic rings. The maximum Gasteiger partial charge on any atom is 0.237 e. The van der Waals surface area contributed by atoms with Crippen LogP contribution >= 0.6 is 0 Å². The minimum absolute atomic E-state index is 0.0588. The zero-order valence-electron chi connectivity index (χ0n) is 17.2. The van der Waals surface area contributed by atoms with Crippen LogP contribution in [-0.4, -0.2) is 80.8 Å². The lowest BCUT2D eigenvalue weighted by atomic mass is 9.91. The molecule has 2 heterocycles. The van der Waals surface area contributed by atoms with Crippen molar-refractivity contribution in [3.8, 4) is 0 Å². The Morgan fingerprint density at radius 2 is 1.67 bits per heavy atom. The molecule has 2 fully saturated rings. The van der Waals surface area contributed by atoms with E-state index in [1.807, 2.05) is 6.92 Å². The Kier molecular flexibility index (Phi) is 8.98. The molecule has 0 bridgehead atoms. The Labute approximate surface area is 164 Å². The van der Waals surface area contributed by atoms with Gasteiger partial charge in [-0.15, -0.1) is 0 Å². The minimum atomic E-state index is -3.14. The third-order valence-corrected chi connectivity index (χ3v) is 7.93. The van der Waals surface area contributed by atoms with Gasteiger partial charge in [0.1, 0.15) is 0 Å². The van der Waals surface area contributed by atoms with E-state index >= 15 is 0 Å². The van der Waals surface area contributed by atoms with Gasteiger partial charge in [-0.2, -0.15) is 0 Å². The Bertz CT molecular complexity index is 551. The van der Waals surface area contributed by atoms with Crippen molar-refractivity contribution >= 4 is 15.9 Å². The molecule has 0 spiro atoms. The lowest BCUT2D eigenvalue weighted by Gasteiger charge is -2.39. The molecule has 1 N–H and O–H groups in total. The fraction of sp³-hybridized carbons (Fsp3) is 0.947. The Morgan fingerprint density at radius 1 is 1.07 bits per heavy atom. The quantitative estimate of drug-likeness (QED) is 0.630. The molecule has 8 heteroatoms. The summed E-state index contributed by atoms with van der Waals surface area (Å²) in [6, 6.07) is -0.0609. The summed E-state index contributed by atoms with van der Waals surface area (Å²) in [4.78, 5) is 15.4. The van der Waals surface area contributed by atoms with E-state index in [4.69, 9.17) is 4.74 Å². The second-order valence-electron chi connectivity index (χ2n) is 7.67. The van der Waals surface area contributed by atoms with Crippen molar-refractivity contribution in [1.29, 1.82) is 0 Å². The normalized spacial score (nSPS) is 22.1. The van der Waals surface area contributed by atoms with Crippen LogP contribution in [0.4, 0.5) is 0 Å². The summed E-state index contributed by atoms with van der Waals surface area (Å²) in [7, 11) is -3.14. The monoisotopic (exact) mass is 403 g/mol. The molecular formula is C19H37N3O4S. The first-order chi connectivity index (χ1) is 12.9. The maximum absolute atomic E-state index is 13.1. The van der Waals surface area contributed by atoms with Crippen molar-refractivity contribution in [3.05, 3.63) is 0 Å². The zero-order chi connectivity index (χ0) is 19.9. The van der Waals surface area contributed by atoms with Crippen molar-refractivity contribution < 1.29 is 17.9 Å². The molecule has 0 radical (unpaired) electrons. The van der Waals surface area contributed by atoms with Gasteiger partial charge < -0.3 is 10.1 Å². The van der Waals surface area contributed by atoms with Crippen LogP contribution < -0.4 is 5.32 Å². The Balaban J connectivity index is 1.95. The van der Waals surface area contributed by atoms with Crippen LogP contribution in [0.3, 0.4) is 0 Å². The molecule has 158 valence electrons. The highest BCUT2D eigenvalue weighted by Crippen LogP contribution is 2.22. The smallest absolute Gasteiger partial charge is 0.237 e. The average Bonchev–Trinajstić information content (AvgIpc) is 2.67. The van der Waals surface area contributed by atoms with Crippen LogP contribution in [0.15, 0.2) is 0 Å². The first-order valence-corrected chi connectivity index (χ1v) is 12.1. The summed E-state index contributed by atoms with van der Waals surface area (Å²) >= 11 is 0. The molecule has 27 heavy (non-hydrogen) atoms. The Morgan fingerprint density at radius 3 is 2.19 bits per heavy atom. The number of piperidine rings is 1. The van der Waals surface area contributed by atoms with Gasteiger partial charge in [0.2, 0.25) is 15.9 Å². The number of rotatable bonds is 9. The number of carbonyl (C=O) groups excluding carboxylic acids is 1. The highest BCUT2D eigenvalue weighted by molar-refractivity contribution is 7.89. The molecule has 1 atom stereocenters. The molecule has 1 amide bonds. The van der Waals surface area contributed by atoms with Crippen LogP contribution in [0.5, 0.6) is 0 Å². The first kappa shape index (κ1) is 22.6. The molecule has 0 aromatic carbocycles. The van der Waals surface area contributed by atoms with Crippen LogP contribution in [0.2, 0.25) is 0 Å². The van der Waals surface area contributed by atoms with Gasteiger partial charge in [0.05, 0.1) is 25.0 Å². The fourth-order valence-electron chi connectivity index (χ4n) is 4.22. The van der Waals surface area contributed by atoms with Crippen LogP contribution in [0, 0.1) is 5.92 Å². The predicted molar refractivity (Wildman–Crippen MR) is 107 cm³/mol. The van der Waals surface area contributed by atoms with E-state index in [1.54, 1.807) is 4.31 Å². The van der Waals surface area contributed by atoms with Crippen LogP contribution in [0.25, 0.3) is 0 Å². The number of ether oxygens (including phenoxy) is 1. The van der Waals surface area contributed by atoms with E-state index < -0.39 is 10.0 Å². The van der Waals surface area contributed by atoms with E-state index in [1.165, 1.54) is 0 Å². The molecule has 0 aromatic rings. The summed E-state index contributed by atoms with van der Waals surface area (Å²) in [5.74, 6) is 0.631. The number of nitrogens with zero attached hydrogens (tertiary/aromatic N) is 2. The summed E-state index contributed by atoms with van der Waals surface area (Å²) in [6.07, 6.45) is 3.95. The molecular weight excluding hydrogens is 366 g/mol. The second-order valence-corrected chi connectivity index (χ2v) is 9.76. The van der Waals surface area contributed by atoms with Crippen molar-refractivity contribution in [3.63, 3.8) is 0 Å². The number of hydrogen-bond acceptors (Lipinski definition) is 5. The number of amides is 1. The van der Waals surface area contributed by atoms with E-state index in [-0.39, 0.29) is 23.7 Å². The highest BCUT2D eigenvalue weighted by Gasteiger charge is 2.35. The molecule has 0 aromatic heterocycles. The van der Waals surface area contributed by atoms with Crippen molar-refractivity contribution in [2.45, 2.75) is 65.0 Å².